The zero-order valence-corrected chi connectivity index (χ0v) is 39.6. The highest BCUT2D eigenvalue weighted by atomic mass is 19.1. The van der Waals surface area contributed by atoms with Crippen molar-refractivity contribution in [2.75, 3.05) is 26.2 Å². The smallest absolute Gasteiger partial charge is 0.255 e. The minimum atomic E-state index is -0.999. The van der Waals surface area contributed by atoms with E-state index in [1.165, 1.54) is 54.9 Å². The van der Waals surface area contributed by atoms with Crippen molar-refractivity contribution in [2.24, 2.45) is 10.8 Å². The van der Waals surface area contributed by atoms with E-state index in [0.29, 0.717) is 41.9 Å². The average Bonchev–Trinajstić information content (AvgIpc) is 3.55. The lowest BCUT2D eigenvalue weighted by Gasteiger charge is -2.41. The molecule has 0 aliphatic heterocycles. The lowest BCUT2D eigenvalue weighted by Crippen LogP contribution is -2.48. The van der Waals surface area contributed by atoms with E-state index < -0.39 is 56.8 Å². The van der Waals surface area contributed by atoms with Crippen molar-refractivity contribution in [3.63, 3.8) is 0 Å². The van der Waals surface area contributed by atoms with E-state index in [1.54, 1.807) is 21.9 Å². The molecule has 1 unspecified atom stereocenters. The lowest BCUT2D eigenvalue weighted by molar-refractivity contribution is 0.0651. The molecule has 4 aromatic heterocycles. The number of carbonyl (C=O) groups excluding carboxylic acids is 2. The van der Waals surface area contributed by atoms with E-state index in [9.17, 15) is 19.8 Å². The molecule has 2 N–H and O–H groups in total. The SMILES string of the molecule is CCN(C[C@@]12C=CC(C)(C)[C@@H](CC1)c1cc(-c3c(F)ccc(C4C[C@]5(CN(CC)C(=O)c6ccnc(O)c6)c6nnc(-c7c(F)cccc7F)cc6[C@H]4C5(C)C)c3F)nnc12)C(=O)c1ccc(O)nc1. The maximum absolute atomic E-state index is 17.9. The van der Waals surface area contributed by atoms with Crippen LogP contribution in [0.5, 0.6) is 11.8 Å². The molecule has 5 aliphatic rings. The van der Waals surface area contributed by atoms with Crippen molar-refractivity contribution in [1.82, 2.24) is 40.2 Å². The topological polar surface area (TPSA) is 158 Å². The maximum Gasteiger partial charge on any atom is 0.255 e. The minimum Gasteiger partial charge on any atom is -0.493 e. The van der Waals surface area contributed by atoms with Gasteiger partial charge in [0.05, 0.1) is 44.9 Å². The molecule has 2 amide bonds. The van der Waals surface area contributed by atoms with Crippen LogP contribution in [0.25, 0.3) is 22.5 Å². The number of hydrogen-bond acceptors (Lipinski definition) is 10. The third kappa shape index (κ3) is 7.14. The first-order valence-electron chi connectivity index (χ1n) is 23.6. The molecule has 5 aliphatic carbocycles. The summed E-state index contributed by atoms with van der Waals surface area (Å²) in [5, 5.41) is 38.4. The van der Waals surface area contributed by atoms with Gasteiger partial charge in [0.2, 0.25) is 11.8 Å². The van der Waals surface area contributed by atoms with E-state index in [1.807, 2.05) is 27.7 Å². The summed E-state index contributed by atoms with van der Waals surface area (Å²) in [6, 6.07) is 15.2. The number of allylic oxidation sites excluding steroid dienone is 1. The molecule has 1 fully saturated rings. The Bertz CT molecular complexity index is 3130. The Morgan fingerprint density at radius 1 is 0.686 bits per heavy atom. The highest BCUT2D eigenvalue weighted by Gasteiger charge is 2.68. The Balaban J connectivity index is 1.07. The summed E-state index contributed by atoms with van der Waals surface area (Å²) < 4.78 is 65.2. The van der Waals surface area contributed by atoms with Crippen LogP contribution in [0, 0.1) is 34.1 Å². The van der Waals surface area contributed by atoms with Crippen LogP contribution < -0.4 is 0 Å². The Morgan fingerprint density at radius 2 is 1.34 bits per heavy atom. The quantitative estimate of drug-likeness (QED) is 0.0946. The molecule has 0 saturated heterocycles. The first kappa shape index (κ1) is 46.6. The van der Waals surface area contributed by atoms with Crippen LogP contribution in [-0.2, 0) is 10.8 Å². The molecule has 4 heterocycles. The minimum absolute atomic E-state index is 0.0109. The molecule has 2 aromatic carbocycles. The van der Waals surface area contributed by atoms with Gasteiger partial charge in [0.1, 0.15) is 23.3 Å². The molecule has 70 heavy (non-hydrogen) atoms. The fraction of sp³-hybridized carbons (Fsp3) is 0.370. The van der Waals surface area contributed by atoms with Crippen LogP contribution in [0.3, 0.4) is 0 Å². The molecule has 11 rings (SSSR count). The normalized spacial score (nSPS) is 23.1. The van der Waals surface area contributed by atoms with Gasteiger partial charge >= 0.3 is 0 Å². The lowest BCUT2D eigenvalue weighted by atomic mass is 9.66. The number of aromatic nitrogens is 6. The fourth-order valence-electron chi connectivity index (χ4n) is 12.4. The second-order valence-electron chi connectivity index (χ2n) is 20.4. The largest absolute Gasteiger partial charge is 0.493 e. The number of fused-ring (bicyclic) bond motifs is 7. The number of halogens is 4. The van der Waals surface area contributed by atoms with Gasteiger partial charge in [-0.25, -0.2) is 27.5 Å². The summed E-state index contributed by atoms with van der Waals surface area (Å²) in [7, 11) is 0. The Labute approximate surface area is 402 Å². The van der Waals surface area contributed by atoms with Gasteiger partial charge in [0, 0.05) is 61.7 Å². The number of rotatable bonds is 11. The predicted octanol–water partition coefficient (Wildman–Crippen LogP) is 9.94. The van der Waals surface area contributed by atoms with Crippen molar-refractivity contribution < 1.29 is 37.4 Å². The molecule has 4 bridgehead atoms. The number of pyridine rings is 2. The molecular weight excluding hydrogens is 901 g/mol. The third-order valence-corrected chi connectivity index (χ3v) is 16.1. The van der Waals surface area contributed by atoms with E-state index in [4.69, 9.17) is 5.10 Å². The van der Waals surface area contributed by atoms with Crippen LogP contribution in [0.1, 0.15) is 127 Å². The molecular formula is C54H52F4N8O4. The van der Waals surface area contributed by atoms with Gasteiger partial charge in [-0.05, 0) is 121 Å². The standard InChI is InChI=1S/C54H52F4N8O4/c1-7-65(50(70)30-12-15-41(67)60-26-30)27-53-18-16-35(51(3,4)19-20-53)32-23-40(62-63-47(32)53)44-38(57)14-13-31(46(44)58)34-25-54(28-66(8-2)49(69)29-17-21-59-42(68)22-29)48-33(45(34)52(54,5)6)24-39(61-64-48)43-36(55)10-9-11-37(43)56/h9-15,17,19-24,26,34-35,45H,7-8,16,18,25,27-28H2,1-6H3,(H,59,68)(H,60,67)/t34?,35-,45+,53-,54-/m0/s1. The number of hydrogen-bond donors (Lipinski definition) is 2. The Morgan fingerprint density at radius 3 is 2.03 bits per heavy atom. The zero-order valence-electron chi connectivity index (χ0n) is 39.6. The molecule has 12 nitrogen and oxygen atoms in total. The number of benzene rings is 2. The van der Waals surface area contributed by atoms with Crippen molar-refractivity contribution >= 4 is 11.8 Å². The van der Waals surface area contributed by atoms with Gasteiger partial charge in [-0.2, -0.15) is 15.3 Å². The zero-order chi connectivity index (χ0) is 49.7. The van der Waals surface area contributed by atoms with E-state index >= 15 is 17.6 Å². The molecule has 1 saturated carbocycles. The fourth-order valence-corrected chi connectivity index (χ4v) is 12.4. The number of aromatic hydroxyl groups is 2. The second-order valence-corrected chi connectivity index (χ2v) is 20.4. The second kappa shape index (κ2) is 16.8. The highest BCUT2D eigenvalue weighted by molar-refractivity contribution is 5.95. The summed E-state index contributed by atoms with van der Waals surface area (Å²) in [4.78, 5) is 39.1. The van der Waals surface area contributed by atoms with Gasteiger partial charge in [-0.15, -0.1) is 5.10 Å². The number of carbonyl (C=O) groups is 2. The Hall–Kier alpha value is -7.10. The maximum atomic E-state index is 17.9. The van der Waals surface area contributed by atoms with Gasteiger partial charge < -0.3 is 20.0 Å². The first-order chi connectivity index (χ1) is 33.3. The summed E-state index contributed by atoms with van der Waals surface area (Å²) in [6.45, 7) is 12.9. The average molecular weight is 953 g/mol. The van der Waals surface area contributed by atoms with E-state index in [-0.39, 0.29) is 89.2 Å². The monoisotopic (exact) mass is 952 g/mol. The first-order valence-corrected chi connectivity index (χ1v) is 23.6. The molecule has 360 valence electrons. The van der Waals surface area contributed by atoms with E-state index in [2.05, 4.69) is 51.3 Å². The van der Waals surface area contributed by atoms with Crippen LogP contribution in [0.4, 0.5) is 17.6 Å². The molecule has 5 atom stereocenters. The van der Waals surface area contributed by atoms with Crippen molar-refractivity contribution in [1.29, 1.82) is 0 Å². The van der Waals surface area contributed by atoms with Crippen molar-refractivity contribution in [2.45, 2.75) is 89.4 Å². The summed E-state index contributed by atoms with van der Waals surface area (Å²) in [5.74, 6) is -5.79. The molecule has 0 radical (unpaired) electrons. The third-order valence-electron chi connectivity index (χ3n) is 16.1. The molecule has 6 aromatic rings. The van der Waals surface area contributed by atoms with Gasteiger partial charge in [-0.1, -0.05) is 52.0 Å². The van der Waals surface area contributed by atoms with Crippen LogP contribution >= 0.6 is 0 Å². The van der Waals surface area contributed by atoms with Crippen LogP contribution in [0.2, 0.25) is 0 Å². The predicted molar refractivity (Wildman–Crippen MR) is 252 cm³/mol. The summed E-state index contributed by atoms with van der Waals surface area (Å²) >= 11 is 0. The van der Waals surface area contributed by atoms with Crippen molar-refractivity contribution in [3.05, 3.63) is 154 Å². The molecule has 16 heteroatoms. The van der Waals surface area contributed by atoms with Crippen LogP contribution in [-0.4, -0.2) is 88.4 Å². The summed E-state index contributed by atoms with van der Waals surface area (Å²) in [5.41, 5.74) is -0.446. The Kier molecular flexibility index (Phi) is 11.2. The summed E-state index contributed by atoms with van der Waals surface area (Å²) in [6.07, 6.45) is 8.53. The van der Waals surface area contributed by atoms with Crippen LogP contribution in [0.15, 0.2) is 91.3 Å². The van der Waals surface area contributed by atoms with Gasteiger partial charge in [0.25, 0.3) is 11.8 Å². The molecule has 0 spiro atoms. The van der Waals surface area contributed by atoms with E-state index in [0.717, 1.165) is 17.7 Å². The van der Waals surface area contributed by atoms with Gasteiger partial charge in [-0.3, -0.25) is 9.59 Å². The number of amides is 2. The number of nitrogens with zero attached hydrogens (tertiary/aromatic N) is 8. The van der Waals surface area contributed by atoms with Gasteiger partial charge in [0.15, 0.2) is 0 Å². The highest BCUT2D eigenvalue weighted by Crippen LogP contribution is 2.72. The van der Waals surface area contributed by atoms with Crippen molar-refractivity contribution in [3.8, 4) is 34.3 Å². The number of likely N-dealkylation sites (N-methyl/N-ethyl adjacent to an activating group) is 2.